The van der Waals surface area contributed by atoms with Crippen LogP contribution in [-0.2, 0) is 7.05 Å². The number of pyridine rings is 1. The lowest BCUT2D eigenvalue weighted by Crippen LogP contribution is -2.49. The molecule has 154 valence electrons. The summed E-state index contributed by atoms with van der Waals surface area (Å²) in [4.78, 5) is 2.77. The molecule has 0 atom stereocenters. The number of rotatable bonds is 0. The van der Waals surface area contributed by atoms with Gasteiger partial charge in [-0.25, -0.2) is 4.57 Å². The Hall–Kier alpha value is -2.88. The highest BCUT2D eigenvalue weighted by atomic mass is 32.2. The van der Waals surface area contributed by atoms with E-state index in [1.54, 1.807) is 10.4 Å². The Kier molecular flexibility index (Phi) is 3.57. The van der Waals surface area contributed by atoms with Gasteiger partial charge in [0.15, 0.2) is 6.20 Å². The van der Waals surface area contributed by atoms with Crippen LogP contribution in [0.3, 0.4) is 0 Å². The summed E-state index contributed by atoms with van der Waals surface area (Å²) in [5.74, 6) is 0. The fourth-order valence-electron chi connectivity index (χ4n) is 6.18. The van der Waals surface area contributed by atoms with Gasteiger partial charge in [0.05, 0.1) is 10.9 Å². The highest BCUT2D eigenvalue weighted by Crippen LogP contribution is 2.50. The topological polar surface area (TPSA) is 3.88 Å². The third-order valence-corrected chi connectivity index (χ3v) is 12.3. The van der Waals surface area contributed by atoms with Crippen LogP contribution in [0.5, 0.6) is 0 Å². The maximum absolute atomic E-state index is 2.52. The van der Waals surface area contributed by atoms with Gasteiger partial charge in [-0.15, -0.1) is 0 Å². The van der Waals surface area contributed by atoms with Gasteiger partial charge in [0.1, 0.15) is 15.1 Å². The fraction of sp³-hybridized carbons (Fsp3) is 0.138. The number of nitrogens with zero attached hydrogens (tertiary/aromatic N) is 1. The maximum atomic E-state index is 2.52. The van der Waals surface area contributed by atoms with E-state index >= 15 is 0 Å². The zero-order valence-electron chi connectivity index (χ0n) is 18.8. The van der Waals surface area contributed by atoms with Gasteiger partial charge in [-0.1, -0.05) is 73.4 Å². The number of hydrogen-bond acceptors (Lipinski definition) is 1. The molecule has 5 aromatic rings. The molecule has 1 aromatic heterocycles. The molecule has 0 unspecified atom stereocenters. The van der Waals surface area contributed by atoms with Gasteiger partial charge < -0.3 is 0 Å². The van der Waals surface area contributed by atoms with Crippen LogP contribution in [-0.4, -0.2) is 8.07 Å². The van der Waals surface area contributed by atoms with Crippen molar-refractivity contribution in [2.24, 2.45) is 7.05 Å². The molecule has 2 aliphatic heterocycles. The van der Waals surface area contributed by atoms with E-state index in [9.17, 15) is 0 Å². The van der Waals surface area contributed by atoms with Gasteiger partial charge in [0, 0.05) is 15.9 Å². The van der Waals surface area contributed by atoms with Crippen LogP contribution < -0.4 is 14.9 Å². The van der Waals surface area contributed by atoms with E-state index in [1.165, 1.54) is 59.3 Å². The molecule has 3 heterocycles. The van der Waals surface area contributed by atoms with Crippen LogP contribution >= 0.6 is 11.8 Å². The third kappa shape index (κ3) is 2.18. The molecule has 0 bridgehead atoms. The Balaban J connectivity index is 1.66. The molecular formula is C29H24NSSi+. The molecule has 7 rings (SSSR count). The second-order valence-electron chi connectivity index (χ2n) is 9.73. The van der Waals surface area contributed by atoms with Crippen molar-refractivity contribution in [3.8, 4) is 22.4 Å². The highest BCUT2D eigenvalue weighted by molar-refractivity contribution is 7.99. The summed E-state index contributed by atoms with van der Waals surface area (Å²) in [5, 5.41) is 8.78. The summed E-state index contributed by atoms with van der Waals surface area (Å²) < 4.78 is 2.34. The molecule has 3 heteroatoms. The van der Waals surface area contributed by atoms with E-state index in [0.717, 1.165) is 0 Å². The first kappa shape index (κ1) is 18.7. The van der Waals surface area contributed by atoms with Crippen LogP contribution in [0.2, 0.25) is 13.1 Å². The van der Waals surface area contributed by atoms with Crippen molar-refractivity contribution >= 4 is 51.8 Å². The van der Waals surface area contributed by atoms with E-state index in [2.05, 4.69) is 105 Å². The first-order valence-corrected chi connectivity index (χ1v) is 15.1. The first-order valence-electron chi connectivity index (χ1n) is 11.3. The van der Waals surface area contributed by atoms with Gasteiger partial charge in [0.2, 0.25) is 5.69 Å². The van der Waals surface area contributed by atoms with Crippen LogP contribution in [0.15, 0.2) is 82.7 Å². The minimum absolute atomic E-state index is 1.33. The van der Waals surface area contributed by atoms with Crippen LogP contribution in [0, 0.1) is 6.92 Å². The predicted molar refractivity (Wildman–Crippen MR) is 139 cm³/mol. The number of aryl methyl sites for hydroxylation is 2. The van der Waals surface area contributed by atoms with Crippen molar-refractivity contribution in [3.05, 3.63) is 78.5 Å². The monoisotopic (exact) mass is 446 g/mol. The Bertz CT molecular complexity index is 1650. The highest BCUT2D eigenvalue weighted by Gasteiger charge is 2.41. The minimum Gasteiger partial charge on any atom is -0.200 e. The van der Waals surface area contributed by atoms with E-state index in [-0.39, 0.29) is 0 Å². The Morgan fingerprint density at radius 2 is 1.59 bits per heavy atom. The lowest BCUT2D eigenvalue weighted by Gasteiger charge is -2.25. The van der Waals surface area contributed by atoms with Gasteiger partial charge >= 0.3 is 0 Å². The average Bonchev–Trinajstić information content (AvgIpc) is 3.02. The smallest absolute Gasteiger partial charge is 0.200 e. The minimum atomic E-state index is -1.77. The van der Waals surface area contributed by atoms with Gasteiger partial charge in [0.25, 0.3) is 0 Å². The molecular weight excluding hydrogens is 422 g/mol. The van der Waals surface area contributed by atoms with E-state index < -0.39 is 8.07 Å². The molecule has 1 nitrogen and oxygen atoms in total. The molecule has 4 aromatic carbocycles. The first-order chi connectivity index (χ1) is 15.5. The largest absolute Gasteiger partial charge is 0.222 e. The lowest BCUT2D eigenvalue weighted by atomic mass is 9.93. The predicted octanol–water partition coefficient (Wildman–Crippen LogP) is 6.06. The quantitative estimate of drug-likeness (QED) is 0.203. The third-order valence-electron chi connectivity index (χ3n) is 7.63. The second-order valence-corrected chi connectivity index (χ2v) is 15.1. The van der Waals surface area contributed by atoms with Crippen molar-refractivity contribution in [3.63, 3.8) is 0 Å². The summed E-state index contributed by atoms with van der Waals surface area (Å²) in [7, 11) is 0.441. The Morgan fingerprint density at radius 1 is 0.812 bits per heavy atom. The summed E-state index contributed by atoms with van der Waals surface area (Å²) in [6.45, 7) is 7.34. The SMILES string of the molecule is Cc1c2c(cc3ccccc13)Sc1cc3c(c4cc[n+](C)c-2c14)[Si](C)(C)c1ccccc1-3. The fourth-order valence-corrected chi connectivity index (χ4v) is 10.9. The van der Waals surface area contributed by atoms with Crippen LogP contribution in [0.1, 0.15) is 5.56 Å². The Morgan fingerprint density at radius 3 is 2.47 bits per heavy atom. The van der Waals surface area contributed by atoms with Crippen LogP contribution in [0.4, 0.5) is 0 Å². The Labute approximate surface area is 193 Å². The summed E-state index contributed by atoms with van der Waals surface area (Å²) in [5.41, 5.74) is 7.09. The molecule has 2 aliphatic rings. The van der Waals surface area contributed by atoms with Crippen molar-refractivity contribution < 1.29 is 4.57 Å². The van der Waals surface area contributed by atoms with Crippen molar-refractivity contribution in [1.82, 2.24) is 0 Å². The molecule has 0 radical (unpaired) electrons. The molecule has 0 spiro atoms. The van der Waals surface area contributed by atoms with Crippen molar-refractivity contribution in [2.45, 2.75) is 29.8 Å². The molecule has 0 fully saturated rings. The van der Waals surface area contributed by atoms with E-state index in [4.69, 9.17) is 0 Å². The summed E-state index contributed by atoms with van der Waals surface area (Å²) in [6, 6.07) is 25.2. The zero-order chi connectivity index (χ0) is 21.8. The second kappa shape index (κ2) is 6.12. The summed E-state index contributed by atoms with van der Waals surface area (Å²) >= 11 is 1.96. The summed E-state index contributed by atoms with van der Waals surface area (Å²) in [6.07, 6.45) is 2.28. The molecule has 0 saturated carbocycles. The zero-order valence-corrected chi connectivity index (χ0v) is 20.6. The molecule has 0 saturated heterocycles. The van der Waals surface area contributed by atoms with Gasteiger partial charge in [-0.05, 0) is 62.3 Å². The maximum Gasteiger partial charge on any atom is 0.222 e. The molecule has 0 aliphatic carbocycles. The molecule has 32 heavy (non-hydrogen) atoms. The number of hydrogen-bond donors (Lipinski definition) is 0. The normalized spacial score (nSPS) is 15.0. The van der Waals surface area contributed by atoms with E-state index in [0.29, 0.717) is 0 Å². The van der Waals surface area contributed by atoms with Gasteiger partial charge in [-0.2, -0.15) is 0 Å². The number of benzene rings is 4. The lowest BCUT2D eigenvalue weighted by molar-refractivity contribution is -0.659. The standard InChI is InChI=1S/C29H24NSSi/c1-17-19-10-6-5-9-18(19)15-23-26(17)28-27-21(13-14-30(28)2)29-22(16-24(27)31-23)20-11-7-8-12-25(20)32(29,3)4/h5-16H,1-4H3/q+1. The molecule has 0 N–H and O–H groups in total. The average molecular weight is 447 g/mol. The van der Waals surface area contributed by atoms with Gasteiger partial charge in [-0.3, -0.25) is 0 Å². The van der Waals surface area contributed by atoms with Crippen molar-refractivity contribution in [2.75, 3.05) is 0 Å². The number of aromatic nitrogens is 1. The van der Waals surface area contributed by atoms with Crippen LogP contribution in [0.25, 0.3) is 43.9 Å². The molecule has 0 amide bonds. The van der Waals surface area contributed by atoms with E-state index in [1.807, 2.05) is 11.8 Å². The van der Waals surface area contributed by atoms with Crippen molar-refractivity contribution in [1.29, 1.82) is 0 Å². The number of fused-ring (bicyclic) bond motifs is 7.